The quantitative estimate of drug-likeness (QED) is 0.902. The van der Waals surface area contributed by atoms with Gasteiger partial charge in [-0.2, -0.15) is 0 Å². The van der Waals surface area contributed by atoms with Crippen LogP contribution in [0.3, 0.4) is 0 Å². The number of likely N-dealkylation sites (N-methyl/N-ethyl adjacent to an activating group) is 1. The van der Waals surface area contributed by atoms with Crippen molar-refractivity contribution >= 4 is 24.8 Å². The molecular formula is C17H22Cl2N2. The summed E-state index contributed by atoms with van der Waals surface area (Å²) in [6, 6.07) is 20.0. The van der Waals surface area contributed by atoms with E-state index in [1.165, 1.54) is 16.7 Å². The van der Waals surface area contributed by atoms with E-state index in [0.29, 0.717) is 12.0 Å². The third-order valence-corrected chi connectivity index (χ3v) is 3.93. The van der Waals surface area contributed by atoms with Crippen molar-refractivity contribution in [1.29, 1.82) is 0 Å². The molecule has 3 rings (SSSR count). The maximum atomic E-state index is 3.66. The summed E-state index contributed by atoms with van der Waals surface area (Å²) in [4.78, 5) is 0. The van der Waals surface area contributed by atoms with Crippen LogP contribution in [0.25, 0.3) is 0 Å². The summed E-state index contributed by atoms with van der Waals surface area (Å²) in [5, 5.41) is 6.93. The topological polar surface area (TPSA) is 24.1 Å². The van der Waals surface area contributed by atoms with Crippen molar-refractivity contribution in [3.8, 4) is 0 Å². The fraction of sp³-hybridized carbons (Fsp3) is 0.294. The van der Waals surface area contributed by atoms with Gasteiger partial charge in [0, 0.05) is 25.0 Å². The maximum Gasteiger partial charge on any atom is 0.0449 e. The van der Waals surface area contributed by atoms with Crippen LogP contribution >= 0.6 is 24.8 Å². The minimum absolute atomic E-state index is 0. The highest BCUT2D eigenvalue weighted by molar-refractivity contribution is 5.85. The molecule has 1 heterocycles. The summed E-state index contributed by atoms with van der Waals surface area (Å²) in [6.07, 6.45) is 0. The van der Waals surface area contributed by atoms with Crippen molar-refractivity contribution in [2.24, 2.45) is 0 Å². The predicted octanol–water partition coefficient (Wildman–Crippen LogP) is 3.53. The number of benzene rings is 2. The van der Waals surface area contributed by atoms with E-state index in [-0.39, 0.29) is 24.8 Å². The van der Waals surface area contributed by atoms with Crippen LogP contribution in [-0.2, 0) is 0 Å². The average Bonchev–Trinajstić information content (AvgIpc) is 2.49. The van der Waals surface area contributed by atoms with E-state index in [2.05, 4.69) is 65.2 Å². The lowest BCUT2D eigenvalue weighted by Gasteiger charge is -2.33. The van der Waals surface area contributed by atoms with Gasteiger partial charge in [-0.1, -0.05) is 54.6 Å². The zero-order valence-corrected chi connectivity index (χ0v) is 13.7. The van der Waals surface area contributed by atoms with Crippen molar-refractivity contribution in [3.05, 3.63) is 71.3 Å². The number of fused-ring (bicyclic) bond motifs is 1. The molecule has 0 bridgehead atoms. The molecule has 0 saturated heterocycles. The average molecular weight is 325 g/mol. The molecule has 114 valence electrons. The van der Waals surface area contributed by atoms with Crippen LogP contribution in [0.4, 0.5) is 0 Å². The Bertz CT molecular complexity index is 545. The second kappa shape index (κ2) is 8.40. The van der Waals surface area contributed by atoms with Crippen LogP contribution in [-0.4, -0.2) is 20.1 Å². The zero-order valence-electron chi connectivity index (χ0n) is 12.1. The highest BCUT2D eigenvalue weighted by atomic mass is 35.5. The fourth-order valence-corrected chi connectivity index (χ4v) is 2.99. The molecule has 2 atom stereocenters. The van der Waals surface area contributed by atoms with Crippen LogP contribution < -0.4 is 10.6 Å². The van der Waals surface area contributed by atoms with Gasteiger partial charge in [0.25, 0.3) is 0 Å². The van der Waals surface area contributed by atoms with Gasteiger partial charge in [-0.3, -0.25) is 0 Å². The van der Waals surface area contributed by atoms with Gasteiger partial charge in [0.15, 0.2) is 0 Å². The zero-order chi connectivity index (χ0) is 13.1. The number of hydrogen-bond acceptors (Lipinski definition) is 2. The standard InChI is InChI=1S/C17H20N2.2ClH/c1-18-12-17-15-10-6-5-9-14(15)16(11-19-17)13-7-3-2-4-8-13;;/h2-10,16-19H,11-12H2,1H3;2*1H/t16-,17+;;/m1../s1. The van der Waals surface area contributed by atoms with Crippen LogP contribution in [0.2, 0.25) is 0 Å². The molecule has 4 heteroatoms. The highest BCUT2D eigenvalue weighted by Crippen LogP contribution is 2.33. The minimum atomic E-state index is 0. The smallest absolute Gasteiger partial charge is 0.0449 e. The number of hydrogen-bond donors (Lipinski definition) is 2. The van der Waals surface area contributed by atoms with E-state index in [9.17, 15) is 0 Å². The van der Waals surface area contributed by atoms with E-state index in [1.54, 1.807) is 0 Å². The molecule has 0 amide bonds. The first kappa shape index (κ1) is 18.0. The van der Waals surface area contributed by atoms with Gasteiger partial charge in [0.1, 0.15) is 0 Å². The minimum Gasteiger partial charge on any atom is -0.318 e. The SMILES string of the molecule is CNC[C@@H]1NC[C@H](c2ccccc2)c2ccccc21.Cl.Cl. The third kappa shape index (κ3) is 3.78. The second-order valence-corrected chi connectivity index (χ2v) is 5.11. The lowest BCUT2D eigenvalue weighted by Crippen LogP contribution is -2.38. The van der Waals surface area contributed by atoms with Crippen molar-refractivity contribution in [3.63, 3.8) is 0 Å². The Morgan fingerprint density at radius 2 is 1.57 bits per heavy atom. The molecule has 21 heavy (non-hydrogen) atoms. The van der Waals surface area contributed by atoms with Crippen molar-refractivity contribution in [1.82, 2.24) is 10.6 Å². The first-order chi connectivity index (χ1) is 9.40. The predicted molar refractivity (Wildman–Crippen MR) is 93.9 cm³/mol. The van der Waals surface area contributed by atoms with Crippen LogP contribution in [0, 0.1) is 0 Å². The Labute approximate surface area is 139 Å². The molecule has 2 aromatic rings. The maximum absolute atomic E-state index is 3.66. The summed E-state index contributed by atoms with van der Waals surface area (Å²) >= 11 is 0. The monoisotopic (exact) mass is 324 g/mol. The van der Waals surface area contributed by atoms with Crippen molar-refractivity contribution < 1.29 is 0 Å². The van der Waals surface area contributed by atoms with Crippen LogP contribution in [0.5, 0.6) is 0 Å². The Kier molecular flexibility index (Phi) is 7.20. The van der Waals surface area contributed by atoms with Gasteiger partial charge in [0.05, 0.1) is 0 Å². The molecule has 0 aliphatic carbocycles. The Morgan fingerprint density at radius 3 is 2.24 bits per heavy atom. The summed E-state index contributed by atoms with van der Waals surface area (Å²) < 4.78 is 0. The van der Waals surface area contributed by atoms with E-state index >= 15 is 0 Å². The number of halogens is 2. The van der Waals surface area contributed by atoms with Gasteiger partial charge >= 0.3 is 0 Å². The molecule has 0 spiro atoms. The number of rotatable bonds is 3. The summed E-state index contributed by atoms with van der Waals surface area (Å²) in [7, 11) is 2.01. The molecule has 0 fully saturated rings. The third-order valence-electron chi connectivity index (χ3n) is 3.93. The molecule has 0 aromatic heterocycles. The molecular weight excluding hydrogens is 303 g/mol. The fourth-order valence-electron chi connectivity index (χ4n) is 2.99. The molecule has 2 nitrogen and oxygen atoms in total. The first-order valence-corrected chi connectivity index (χ1v) is 6.92. The van der Waals surface area contributed by atoms with Crippen molar-refractivity contribution in [2.45, 2.75) is 12.0 Å². The van der Waals surface area contributed by atoms with E-state index < -0.39 is 0 Å². The Balaban J connectivity index is 0.00000110. The van der Waals surface area contributed by atoms with Crippen molar-refractivity contribution in [2.75, 3.05) is 20.1 Å². The molecule has 0 unspecified atom stereocenters. The van der Waals surface area contributed by atoms with Gasteiger partial charge in [0.2, 0.25) is 0 Å². The van der Waals surface area contributed by atoms with Crippen LogP contribution in [0.1, 0.15) is 28.7 Å². The van der Waals surface area contributed by atoms with Gasteiger partial charge < -0.3 is 10.6 Å². The molecule has 0 saturated carbocycles. The molecule has 1 aliphatic heterocycles. The molecule has 2 N–H and O–H groups in total. The number of nitrogens with one attached hydrogen (secondary N) is 2. The summed E-state index contributed by atoms with van der Waals surface area (Å²) in [5.41, 5.74) is 4.29. The Hall–Kier alpha value is -1.06. The summed E-state index contributed by atoms with van der Waals surface area (Å²) in [6.45, 7) is 1.98. The molecule has 2 aromatic carbocycles. The van der Waals surface area contributed by atoms with Gasteiger partial charge in [-0.05, 0) is 23.7 Å². The Morgan fingerprint density at radius 1 is 0.952 bits per heavy atom. The normalized spacial score (nSPS) is 19.9. The van der Waals surface area contributed by atoms with Crippen LogP contribution in [0.15, 0.2) is 54.6 Å². The van der Waals surface area contributed by atoms with Gasteiger partial charge in [-0.25, -0.2) is 0 Å². The summed E-state index contributed by atoms with van der Waals surface area (Å²) in [5.74, 6) is 0.463. The lowest BCUT2D eigenvalue weighted by molar-refractivity contribution is 0.463. The largest absolute Gasteiger partial charge is 0.318 e. The van der Waals surface area contributed by atoms with E-state index in [1.807, 2.05) is 7.05 Å². The van der Waals surface area contributed by atoms with E-state index in [4.69, 9.17) is 0 Å². The first-order valence-electron chi connectivity index (χ1n) is 6.92. The highest BCUT2D eigenvalue weighted by Gasteiger charge is 2.26. The van der Waals surface area contributed by atoms with E-state index in [0.717, 1.165) is 13.1 Å². The molecule has 1 aliphatic rings. The molecule has 0 radical (unpaired) electrons. The second-order valence-electron chi connectivity index (χ2n) is 5.11. The van der Waals surface area contributed by atoms with Gasteiger partial charge in [-0.15, -0.1) is 24.8 Å². The lowest BCUT2D eigenvalue weighted by atomic mass is 9.82.